The van der Waals surface area contributed by atoms with Gasteiger partial charge in [-0.15, -0.1) is 0 Å². The Labute approximate surface area is 188 Å². The van der Waals surface area contributed by atoms with Crippen LogP contribution in [-0.2, 0) is 16.4 Å². The highest BCUT2D eigenvalue weighted by molar-refractivity contribution is 9.10. The van der Waals surface area contributed by atoms with Crippen LogP contribution in [0.3, 0.4) is 0 Å². The van der Waals surface area contributed by atoms with Crippen molar-refractivity contribution < 1.29 is 13.2 Å². The zero-order valence-corrected chi connectivity index (χ0v) is 19.0. The summed E-state index contributed by atoms with van der Waals surface area (Å²) >= 11 is 9.57. The Bertz CT molecular complexity index is 1210. The summed E-state index contributed by atoms with van der Waals surface area (Å²) in [7, 11) is -3.84. The van der Waals surface area contributed by atoms with Crippen molar-refractivity contribution in [1.29, 1.82) is 0 Å². The molecule has 0 atom stereocenters. The summed E-state index contributed by atoms with van der Waals surface area (Å²) in [5.41, 5.74) is 2.36. The molecule has 30 heavy (non-hydrogen) atoms. The number of hydrogen-bond acceptors (Lipinski definition) is 3. The van der Waals surface area contributed by atoms with Crippen LogP contribution in [0.2, 0.25) is 5.02 Å². The van der Waals surface area contributed by atoms with Gasteiger partial charge in [-0.25, -0.2) is 8.42 Å². The number of halogens is 2. The Morgan fingerprint density at radius 1 is 1.03 bits per heavy atom. The average Bonchev–Trinajstić information content (AvgIpc) is 2.75. The fourth-order valence-corrected chi connectivity index (χ4v) is 5.48. The van der Waals surface area contributed by atoms with E-state index in [1.54, 1.807) is 24.3 Å². The van der Waals surface area contributed by atoms with Crippen LogP contribution in [0.4, 0.5) is 11.4 Å². The van der Waals surface area contributed by atoms with Crippen LogP contribution in [0.5, 0.6) is 0 Å². The SMILES string of the molecule is O=C(Nc1ccc(Br)cc1)c1cc(S(=O)(=O)N2CCCc3ccccc32)ccc1Cl. The molecule has 0 bridgehead atoms. The molecule has 0 aromatic heterocycles. The van der Waals surface area contributed by atoms with Crippen molar-refractivity contribution in [3.05, 3.63) is 87.4 Å². The topological polar surface area (TPSA) is 66.5 Å². The van der Waals surface area contributed by atoms with Crippen molar-refractivity contribution in [1.82, 2.24) is 0 Å². The quantitative estimate of drug-likeness (QED) is 0.509. The van der Waals surface area contributed by atoms with Crippen molar-refractivity contribution >= 4 is 54.8 Å². The Hall–Kier alpha value is -2.35. The molecule has 0 saturated carbocycles. The van der Waals surface area contributed by atoms with Crippen molar-refractivity contribution in [3.63, 3.8) is 0 Å². The molecule has 1 heterocycles. The number of anilines is 2. The van der Waals surface area contributed by atoms with Gasteiger partial charge in [0.25, 0.3) is 15.9 Å². The number of carbonyl (C=O) groups is 1. The minimum absolute atomic E-state index is 0.0320. The van der Waals surface area contributed by atoms with E-state index in [1.807, 2.05) is 24.3 Å². The van der Waals surface area contributed by atoms with Gasteiger partial charge in [0.05, 0.1) is 21.2 Å². The summed E-state index contributed by atoms with van der Waals surface area (Å²) in [6.45, 7) is 0.391. The number of nitrogens with zero attached hydrogens (tertiary/aromatic N) is 1. The standard InChI is InChI=1S/C22H18BrClN2O3S/c23-16-7-9-17(10-8-16)25-22(27)19-14-18(11-12-20(19)24)30(28,29)26-13-3-5-15-4-1-2-6-21(15)26/h1-2,4,6-12,14H,3,5,13H2,(H,25,27). The third-order valence-electron chi connectivity index (χ3n) is 4.94. The number of amides is 1. The lowest BCUT2D eigenvalue weighted by molar-refractivity contribution is 0.102. The molecule has 4 rings (SSSR count). The van der Waals surface area contributed by atoms with Crippen molar-refractivity contribution in [2.45, 2.75) is 17.7 Å². The Balaban J connectivity index is 1.67. The van der Waals surface area contributed by atoms with E-state index in [1.165, 1.54) is 22.5 Å². The van der Waals surface area contributed by atoms with E-state index >= 15 is 0 Å². The predicted octanol–water partition coefficient (Wildman–Crippen LogP) is 5.50. The minimum Gasteiger partial charge on any atom is -0.322 e. The predicted molar refractivity (Wildman–Crippen MR) is 123 cm³/mol. The van der Waals surface area contributed by atoms with Crippen molar-refractivity contribution in [2.24, 2.45) is 0 Å². The lowest BCUT2D eigenvalue weighted by Gasteiger charge is -2.30. The summed E-state index contributed by atoms with van der Waals surface area (Å²) in [5.74, 6) is -0.474. The van der Waals surface area contributed by atoms with Gasteiger partial charge >= 0.3 is 0 Å². The van der Waals surface area contributed by atoms with Crippen LogP contribution in [0.1, 0.15) is 22.3 Å². The van der Waals surface area contributed by atoms with E-state index in [0.717, 1.165) is 22.9 Å². The third-order valence-corrected chi connectivity index (χ3v) is 7.61. The number of sulfonamides is 1. The van der Waals surface area contributed by atoms with Crippen molar-refractivity contribution in [3.8, 4) is 0 Å². The van der Waals surface area contributed by atoms with Gasteiger partial charge in [0, 0.05) is 16.7 Å². The summed E-state index contributed by atoms with van der Waals surface area (Å²) < 4.78 is 29.0. The van der Waals surface area contributed by atoms with E-state index in [2.05, 4.69) is 21.2 Å². The summed E-state index contributed by atoms with van der Waals surface area (Å²) in [5, 5.41) is 2.93. The Morgan fingerprint density at radius 3 is 2.53 bits per heavy atom. The molecule has 0 spiro atoms. The molecule has 0 unspecified atom stereocenters. The van der Waals surface area contributed by atoms with Crippen LogP contribution < -0.4 is 9.62 Å². The molecule has 3 aromatic carbocycles. The molecule has 0 aliphatic carbocycles. The molecule has 154 valence electrons. The molecule has 1 N–H and O–H groups in total. The molecule has 1 aliphatic heterocycles. The maximum Gasteiger partial charge on any atom is 0.264 e. The molecule has 0 saturated heterocycles. The van der Waals surface area contributed by atoms with E-state index in [0.29, 0.717) is 17.9 Å². The lowest BCUT2D eigenvalue weighted by atomic mass is 10.0. The molecular formula is C22H18BrClN2O3S. The van der Waals surface area contributed by atoms with Gasteiger partial charge in [-0.3, -0.25) is 9.10 Å². The third kappa shape index (κ3) is 4.10. The van der Waals surface area contributed by atoms with Crippen LogP contribution in [0.25, 0.3) is 0 Å². The van der Waals surface area contributed by atoms with Gasteiger partial charge in [-0.2, -0.15) is 0 Å². The fraction of sp³-hybridized carbons (Fsp3) is 0.136. The number of hydrogen-bond donors (Lipinski definition) is 1. The first-order valence-corrected chi connectivity index (χ1v) is 11.9. The number of para-hydroxylation sites is 1. The number of aryl methyl sites for hydroxylation is 1. The highest BCUT2D eigenvalue weighted by Gasteiger charge is 2.30. The zero-order valence-electron chi connectivity index (χ0n) is 15.8. The van der Waals surface area contributed by atoms with Gasteiger partial charge in [0.2, 0.25) is 0 Å². The lowest BCUT2D eigenvalue weighted by Crippen LogP contribution is -2.35. The molecule has 0 radical (unpaired) electrons. The molecule has 1 amide bonds. The monoisotopic (exact) mass is 504 g/mol. The van der Waals surface area contributed by atoms with E-state index in [4.69, 9.17) is 11.6 Å². The number of carbonyl (C=O) groups excluding carboxylic acids is 1. The molecular weight excluding hydrogens is 488 g/mol. The average molecular weight is 506 g/mol. The molecule has 5 nitrogen and oxygen atoms in total. The van der Waals surface area contributed by atoms with E-state index in [9.17, 15) is 13.2 Å². The van der Waals surface area contributed by atoms with Gasteiger partial charge in [-0.05, 0) is 66.9 Å². The van der Waals surface area contributed by atoms with Gasteiger partial charge in [0.15, 0.2) is 0 Å². The molecule has 0 fully saturated rings. The van der Waals surface area contributed by atoms with Crippen LogP contribution in [-0.4, -0.2) is 20.9 Å². The second-order valence-corrected chi connectivity index (χ2v) is 10.1. The maximum atomic E-state index is 13.4. The number of rotatable bonds is 4. The minimum atomic E-state index is -3.84. The summed E-state index contributed by atoms with van der Waals surface area (Å²) in [4.78, 5) is 12.8. The maximum absolute atomic E-state index is 13.4. The number of benzene rings is 3. The van der Waals surface area contributed by atoms with Crippen molar-refractivity contribution in [2.75, 3.05) is 16.2 Å². The highest BCUT2D eigenvalue weighted by atomic mass is 79.9. The normalized spacial score (nSPS) is 13.6. The van der Waals surface area contributed by atoms with Gasteiger partial charge in [-0.1, -0.05) is 45.7 Å². The van der Waals surface area contributed by atoms with Gasteiger partial charge < -0.3 is 5.32 Å². The molecule has 3 aromatic rings. The second-order valence-electron chi connectivity index (χ2n) is 6.91. The highest BCUT2D eigenvalue weighted by Crippen LogP contribution is 2.33. The summed E-state index contributed by atoms with van der Waals surface area (Å²) in [6.07, 6.45) is 1.57. The second kappa shape index (κ2) is 8.41. The first kappa shape index (κ1) is 20.9. The van der Waals surface area contributed by atoms with Gasteiger partial charge in [0.1, 0.15) is 0 Å². The van der Waals surface area contributed by atoms with Crippen LogP contribution in [0, 0.1) is 0 Å². The Morgan fingerprint density at radius 2 is 1.77 bits per heavy atom. The fourth-order valence-electron chi connectivity index (χ4n) is 3.45. The van der Waals surface area contributed by atoms with E-state index < -0.39 is 15.9 Å². The first-order chi connectivity index (χ1) is 14.4. The van der Waals surface area contributed by atoms with E-state index in [-0.39, 0.29) is 15.5 Å². The smallest absolute Gasteiger partial charge is 0.264 e. The largest absolute Gasteiger partial charge is 0.322 e. The Kier molecular flexibility index (Phi) is 5.86. The first-order valence-electron chi connectivity index (χ1n) is 9.33. The summed E-state index contributed by atoms with van der Waals surface area (Å²) in [6, 6.07) is 18.8. The van der Waals surface area contributed by atoms with Crippen LogP contribution >= 0.6 is 27.5 Å². The molecule has 8 heteroatoms. The number of nitrogens with one attached hydrogen (secondary N) is 1. The van der Waals surface area contributed by atoms with Crippen LogP contribution in [0.15, 0.2) is 76.1 Å². The molecule has 1 aliphatic rings. The number of fused-ring (bicyclic) bond motifs is 1. The zero-order chi connectivity index (χ0) is 21.3.